The maximum atomic E-state index is 13.5. The Morgan fingerprint density at radius 3 is 2.89 bits per heavy atom. The average molecular weight is 379 g/mol. The molecule has 0 fully saturated rings. The van der Waals surface area contributed by atoms with Crippen LogP contribution in [0.1, 0.15) is 17.5 Å². The Kier molecular flexibility index (Phi) is 4.53. The van der Waals surface area contributed by atoms with E-state index in [0.717, 1.165) is 66.1 Å². The van der Waals surface area contributed by atoms with Crippen molar-refractivity contribution in [2.24, 2.45) is 0 Å². The smallest absolute Gasteiger partial charge is 0.168 e. The average Bonchev–Trinajstić information content (AvgIpc) is 3.14. The molecule has 2 aliphatic heterocycles. The van der Waals surface area contributed by atoms with E-state index in [2.05, 4.69) is 17.0 Å². The summed E-state index contributed by atoms with van der Waals surface area (Å²) in [6, 6.07) is 10.8. The second-order valence-electron chi connectivity index (χ2n) is 7.26. The number of nitrogens with zero attached hydrogens (tertiary/aromatic N) is 1. The summed E-state index contributed by atoms with van der Waals surface area (Å²) in [7, 11) is 0. The molecule has 5 heteroatoms. The molecule has 2 aromatic carbocycles. The molecule has 3 heterocycles. The lowest BCUT2D eigenvalue weighted by atomic mass is 9.97. The molecule has 0 saturated heterocycles. The van der Waals surface area contributed by atoms with Crippen molar-refractivity contribution in [1.29, 1.82) is 0 Å². The van der Waals surface area contributed by atoms with Crippen LogP contribution in [0.2, 0.25) is 0 Å². The van der Waals surface area contributed by atoms with Crippen LogP contribution in [0.25, 0.3) is 16.5 Å². The first-order valence-corrected chi connectivity index (χ1v) is 9.74. The topological polar surface area (TPSA) is 34.8 Å². The molecule has 0 atom stereocenters. The van der Waals surface area contributed by atoms with E-state index in [0.29, 0.717) is 13.2 Å². The van der Waals surface area contributed by atoms with Gasteiger partial charge < -0.3 is 13.9 Å². The molecule has 2 aliphatic rings. The predicted molar refractivity (Wildman–Crippen MR) is 106 cm³/mol. The van der Waals surface area contributed by atoms with E-state index in [-0.39, 0.29) is 5.82 Å². The first-order chi connectivity index (χ1) is 13.8. The fraction of sp³-hybridized carbons (Fsp3) is 0.304. The molecule has 0 unspecified atom stereocenters. The molecule has 0 spiro atoms. The molecule has 0 saturated carbocycles. The van der Waals surface area contributed by atoms with Crippen LogP contribution >= 0.6 is 0 Å². The van der Waals surface area contributed by atoms with Crippen LogP contribution in [-0.2, 0) is 6.42 Å². The number of halogens is 1. The maximum absolute atomic E-state index is 13.5. The fourth-order valence-corrected chi connectivity index (χ4v) is 4.01. The number of benzene rings is 2. The summed E-state index contributed by atoms with van der Waals surface area (Å²) in [5.41, 5.74) is 4.27. The molecule has 3 aromatic rings. The van der Waals surface area contributed by atoms with E-state index in [1.54, 1.807) is 18.4 Å². The molecular formula is C23H22FNO3. The Morgan fingerprint density at radius 2 is 2.00 bits per heavy atom. The molecule has 0 aliphatic carbocycles. The fourth-order valence-electron chi connectivity index (χ4n) is 4.01. The van der Waals surface area contributed by atoms with Crippen molar-refractivity contribution in [3.05, 3.63) is 65.7 Å². The number of fused-ring (bicyclic) bond motifs is 2. The number of ether oxygens (including phenoxy) is 2. The SMILES string of the molecule is Fc1ccc2occ(CCN3CC=C(c4cccc5c4OCCO5)CC3)c2c1. The zero-order valence-corrected chi connectivity index (χ0v) is 15.6. The van der Waals surface area contributed by atoms with Gasteiger partial charge in [0.25, 0.3) is 0 Å². The van der Waals surface area contributed by atoms with Crippen LogP contribution in [0.4, 0.5) is 4.39 Å². The van der Waals surface area contributed by atoms with Gasteiger partial charge >= 0.3 is 0 Å². The lowest BCUT2D eigenvalue weighted by molar-refractivity contribution is 0.171. The van der Waals surface area contributed by atoms with Gasteiger partial charge in [0.2, 0.25) is 0 Å². The Morgan fingerprint density at radius 1 is 1.07 bits per heavy atom. The highest BCUT2D eigenvalue weighted by molar-refractivity contribution is 5.81. The van der Waals surface area contributed by atoms with Gasteiger partial charge in [-0.25, -0.2) is 4.39 Å². The predicted octanol–water partition coefficient (Wildman–Crippen LogP) is 4.67. The van der Waals surface area contributed by atoms with Gasteiger partial charge in [0, 0.05) is 30.6 Å². The second kappa shape index (κ2) is 7.32. The summed E-state index contributed by atoms with van der Waals surface area (Å²) in [4.78, 5) is 2.41. The number of hydrogen-bond donors (Lipinski definition) is 0. The normalized spacial score (nSPS) is 17.0. The van der Waals surface area contributed by atoms with E-state index in [4.69, 9.17) is 13.9 Å². The van der Waals surface area contributed by atoms with Crippen molar-refractivity contribution in [1.82, 2.24) is 4.90 Å². The highest BCUT2D eigenvalue weighted by atomic mass is 19.1. The van der Waals surface area contributed by atoms with Crippen LogP contribution in [0, 0.1) is 5.82 Å². The van der Waals surface area contributed by atoms with Crippen molar-refractivity contribution in [3.8, 4) is 11.5 Å². The third-order valence-corrected chi connectivity index (χ3v) is 5.52. The molecule has 0 radical (unpaired) electrons. The first-order valence-electron chi connectivity index (χ1n) is 9.74. The largest absolute Gasteiger partial charge is 0.486 e. The zero-order chi connectivity index (χ0) is 18.9. The highest BCUT2D eigenvalue weighted by Gasteiger charge is 2.21. The molecule has 4 nitrogen and oxygen atoms in total. The van der Waals surface area contributed by atoms with Crippen molar-refractivity contribution in [3.63, 3.8) is 0 Å². The Bertz CT molecular complexity index is 1040. The Balaban J connectivity index is 1.27. The van der Waals surface area contributed by atoms with Gasteiger partial charge in [-0.1, -0.05) is 18.2 Å². The van der Waals surface area contributed by atoms with Gasteiger partial charge in [-0.3, -0.25) is 4.90 Å². The van der Waals surface area contributed by atoms with Gasteiger partial charge in [-0.2, -0.15) is 0 Å². The lowest BCUT2D eigenvalue weighted by Gasteiger charge is -2.28. The van der Waals surface area contributed by atoms with Crippen LogP contribution in [0.3, 0.4) is 0 Å². The third kappa shape index (κ3) is 3.27. The molecular weight excluding hydrogens is 357 g/mol. The minimum atomic E-state index is -0.224. The number of para-hydroxylation sites is 1. The summed E-state index contributed by atoms with van der Waals surface area (Å²) in [5.74, 6) is 1.49. The van der Waals surface area contributed by atoms with Crippen LogP contribution < -0.4 is 9.47 Å². The third-order valence-electron chi connectivity index (χ3n) is 5.52. The van der Waals surface area contributed by atoms with E-state index < -0.39 is 0 Å². The minimum absolute atomic E-state index is 0.224. The van der Waals surface area contributed by atoms with Crippen LogP contribution in [0.5, 0.6) is 11.5 Å². The van der Waals surface area contributed by atoms with Gasteiger partial charge in [-0.15, -0.1) is 0 Å². The number of rotatable bonds is 4. The van der Waals surface area contributed by atoms with Crippen molar-refractivity contribution in [2.45, 2.75) is 12.8 Å². The molecule has 0 N–H and O–H groups in total. The van der Waals surface area contributed by atoms with Gasteiger partial charge in [0.15, 0.2) is 11.5 Å². The quantitative estimate of drug-likeness (QED) is 0.660. The van der Waals surface area contributed by atoms with Crippen molar-refractivity contribution < 1.29 is 18.3 Å². The summed E-state index contributed by atoms with van der Waals surface area (Å²) >= 11 is 0. The molecule has 0 bridgehead atoms. The molecule has 5 rings (SSSR count). The monoisotopic (exact) mass is 379 g/mol. The zero-order valence-electron chi connectivity index (χ0n) is 15.6. The van der Waals surface area contributed by atoms with Crippen LogP contribution in [0.15, 0.2) is 53.2 Å². The van der Waals surface area contributed by atoms with E-state index in [1.807, 2.05) is 12.1 Å². The number of furan rings is 1. The molecule has 144 valence electrons. The van der Waals surface area contributed by atoms with Gasteiger partial charge in [0.05, 0.1) is 6.26 Å². The maximum Gasteiger partial charge on any atom is 0.168 e. The molecule has 28 heavy (non-hydrogen) atoms. The van der Waals surface area contributed by atoms with E-state index >= 15 is 0 Å². The van der Waals surface area contributed by atoms with Gasteiger partial charge in [0.1, 0.15) is 24.6 Å². The van der Waals surface area contributed by atoms with Crippen molar-refractivity contribution >= 4 is 16.5 Å². The second-order valence-corrected chi connectivity index (χ2v) is 7.26. The summed E-state index contributed by atoms with van der Waals surface area (Å²) < 4.78 is 30.6. The molecule has 0 amide bonds. The highest BCUT2D eigenvalue weighted by Crippen LogP contribution is 2.39. The lowest BCUT2D eigenvalue weighted by Crippen LogP contribution is -2.30. The van der Waals surface area contributed by atoms with E-state index in [1.165, 1.54) is 11.6 Å². The first kappa shape index (κ1) is 17.3. The number of hydrogen-bond acceptors (Lipinski definition) is 4. The Labute approximate surface area is 163 Å². The van der Waals surface area contributed by atoms with E-state index in [9.17, 15) is 4.39 Å². The summed E-state index contributed by atoms with van der Waals surface area (Å²) in [6.07, 6.45) is 5.85. The van der Waals surface area contributed by atoms with Crippen LogP contribution in [-0.4, -0.2) is 37.7 Å². The standard InChI is InChI=1S/C23H22FNO3/c24-18-4-5-21-20(14-18)17(15-28-21)8-11-25-9-6-16(7-10-25)19-2-1-3-22-23(19)27-13-12-26-22/h1-6,14-15H,7-13H2. The summed E-state index contributed by atoms with van der Waals surface area (Å²) in [5, 5.41) is 0.876. The summed E-state index contributed by atoms with van der Waals surface area (Å²) in [6.45, 7) is 4.00. The Hall–Kier alpha value is -2.79. The molecule has 1 aromatic heterocycles. The van der Waals surface area contributed by atoms with Crippen molar-refractivity contribution in [2.75, 3.05) is 32.8 Å². The minimum Gasteiger partial charge on any atom is -0.486 e. The van der Waals surface area contributed by atoms with Gasteiger partial charge in [-0.05, 0) is 48.2 Å².